The van der Waals surface area contributed by atoms with Gasteiger partial charge in [0, 0.05) is 32.5 Å². The number of aryl methyl sites for hydroxylation is 3. The first-order valence-corrected chi connectivity index (χ1v) is 10.7. The van der Waals surface area contributed by atoms with Crippen molar-refractivity contribution in [2.24, 2.45) is 7.05 Å². The van der Waals surface area contributed by atoms with Gasteiger partial charge in [-0.1, -0.05) is 17.7 Å². The number of H-pyrrole nitrogens is 1. The zero-order chi connectivity index (χ0) is 23.4. The second-order valence-corrected chi connectivity index (χ2v) is 7.90. The predicted molar refractivity (Wildman–Crippen MR) is 124 cm³/mol. The number of fused-ring (bicyclic) bond motifs is 1. The van der Waals surface area contributed by atoms with Gasteiger partial charge in [-0.2, -0.15) is 4.98 Å². The molecule has 33 heavy (non-hydrogen) atoms. The molecule has 0 saturated carbocycles. The Bertz CT molecular complexity index is 1320. The fraction of sp³-hybridized carbons (Fsp3) is 0.364. The fourth-order valence-corrected chi connectivity index (χ4v) is 3.52. The van der Waals surface area contributed by atoms with Gasteiger partial charge >= 0.3 is 5.69 Å². The second-order valence-electron chi connectivity index (χ2n) is 7.90. The van der Waals surface area contributed by atoms with E-state index in [-0.39, 0.29) is 24.3 Å². The molecule has 0 aliphatic heterocycles. The number of aliphatic hydroxyl groups excluding tert-OH is 1. The molecule has 11 nitrogen and oxygen atoms in total. The van der Waals surface area contributed by atoms with Gasteiger partial charge in [-0.25, -0.2) is 9.78 Å². The minimum atomic E-state index is -0.910. The summed E-state index contributed by atoms with van der Waals surface area (Å²) in [6, 6.07) is 7.53. The minimum absolute atomic E-state index is 0.0342. The van der Waals surface area contributed by atoms with Crippen LogP contribution in [0.25, 0.3) is 11.2 Å². The summed E-state index contributed by atoms with van der Waals surface area (Å²) in [5.41, 5.74) is 0.461. The maximum atomic E-state index is 12.6. The molecule has 1 aromatic carbocycles. The van der Waals surface area contributed by atoms with Crippen LogP contribution in [-0.2, 0) is 20.1 Å². The summed E-state index contributed by atoms with van der Waals surface area (Å²) in [5.74, 6) is 1.05. The van der Waals surface area contributed by atoms with Gasteiger partial charge in [0.05, 0.1) is 12.9 Å². The Balaban J connectivity index is 1.52. The van der Waals surface area contributed by atoms with Crippen molar-refractivity contribution in [1.82, 2.24) is 28.7 Å². The van der Waals surface area contributed by atoms with Crippen LogP contribution < -0.4 is 21.3 Å². The number of rotatable bonds is 10. The fourth-order valence-electron chi connectivity index (χ4n) is 3.52. The third-order valence-corrected chi connectivity index (χ3v) is 5.30. The number of hydrogen-bond donors (Lipinski definition) is 3. The van der Waals surface area contributed by atoms with Crippen LogP contribution in [0, 0.1) is 6.92 Å². The standard InChI is InChI=1S/C22H27N7O4/c1-15-4-6-17(7-5-15)33-13-16(30)12-29-18-19(27(2)22(32)26-20(18)31)25-21(29)24-8-3-10-28-11-9-23-14-28/h4-7,9,11,14,16,30H,3,8,10,12-13H2,1-2H3,(H,24,25)(H,26,31,32)/t16-/m1/s1. The summed E-state index contributed by atoms with van der Waals surface area (Å²) < 4.78 is 10.5. The van der Waals surface area contributed by atoms with E-state index >= 15 is 0 Å². The van der Waals surface area contributed by atoms with E-state index in [1.807, 2.05) is 42.0 Å². The Kier molecular flexibility index (Phi) is 6.59. The normalized spacial score (nSPS) is 12.2. The van der Waals surface area contributed by atoms with Gasteiger partial charge in [-0.3, -0.25) is 14.3 Å². The molecule has 0 bridgehead atoms. The number of aromatic nitrogens is 6. The Morgan fingerprint density at radius 1 is 1.24 bits per heavy atom. The highest BCUT2D eigenvalue weighted by Gasteiger charge is 2.19. The van der Waals surface area contributed by atoms with E-state index in [1.165, 1.54) is 11.6 Å². The summed E-state index contributed by atoms with van der Waals surface area (Å²) in [4.78, 5) is 35.4. The van der Waals surface area contributed by atoms with Gasteiger partial charge in [0.2, 0.25) is 5.95 Å². The lowest BCUT2D eigenvalue weighted by atomic mass is 10.2. The van der Waals surface area contributed by atoms with Gasteiger partial charge in [0.1, 0.15) is 18.5 Å². The third kappa shape index (κ3) is 5.14. The molecule has 1 atom stereocenters. The van der Waals surface area contributed by atoms with Crippen molar-refractivity contribution in [1.29, 1.82) is 0 Å². The van der Waals surface area contributed by atoms with E-state index in [1.54, 1.807) is 17.1 Å². The largest absolute Gasteiger partial charge is 0.491 e. The molecule has 0 unspecified atom stereocenters. The van der Waals surface area contributed by atoms with Crippen LogP contribution >= 0.6 is 0 Å². The van der Waals surface area contributed by atoms with E-state index in [0.29, 0.717) is 18.2 Å². The highest BCUT2D eigenvalue weighted by Crippen LogP contribution is 2.17. The number of ether oxygens (including phenoxy) is 1. The molecule has 3 aromatic heterocycles. The SMILES string of the molecule is Cc1ccc(OC[C@H](O)Cn2c(NCCCn3ccnc3)nc3c2c(=O)[nH]c(=O)n3C)cc1. The average Bonchev–Trinajstić information content (AvgIpc) is 3.43. The van der Waals surface area contributed by atoms with Crippen molar-refractivity contribution in [3.63, 3.8) is 0 Å². The number of nitrogens with zero attached hydrogens (tertiary/aromatic N) is 5. The zero-order valence-electron chi connectivity index (χ0n) is 18.6. The van der Waals surface area contributed by atoms with Crippen LogP contribution in [0.3, 0.4) is 0 Å². The molecule has 0 aliphatic carbocycles. The Labute approximate surface area is 189 Å². The molecular formula is C22H27N7O4. The Morgan fingerprint density at radius 2 is 2.03 bits per heavy atom. The van der Waals surface area contributed by atoms with Gasteiger partial charge in [0.25, 0.3) is 5.56 Å². The number of aromatic amines is 1. The maximum absolute atomic E-state index is 12.6. The van der Waals surface area contributed by atoms with Gasteiger partial charge in [0.15, 0.2) is 11.2 Å². The number of hydrogen-bond acceptors (Lipinski definition) is 7. The molecule has 0 amide bonds. The van der Waals surface area contributed by atoms with Crippen LogP contribution in [0.1, 0.15) is 12.0 Å². The molecule has 4 rings (SSSR count). The molecular weight excluding hydrogens is 426 g/mol. The third-order valence-electron chi connectivity index (χ3n) is 5.30. The molecule has 3 heterocycles. The summed E-state index contributed by atoms with van der Waals surface area (Å²) in [6.07, 6.45) is 5.23. The van der Waals surface area contributed by atoms with Crippen LogP contribution in [-0.4, -0.2) is 53.0 Å². The van der Waals surface area contributed by atoms with E-state index in [2.05, 4.69) is 20.3 Å². The van der Waals surface area contributed by atoms with E-state index < -0.39 is 17.4 Å². The molecule has 174 valence electrons. The van der Waals surface area contributed by atoms with Gasteiger partial charge < -0.3 is 24.3 Å². The van der Waals surface area contributed by atoms with Crippen molar-refractivity contribution in [3.8, 4) is 5.75 Å². The summed E-state index contributed by atoms with van der Waals surface area (Å²) in [7, 11) is 1.54. The summed E-state index contributed by atoms with van der Waals surface area (Å²) in [6.45, 7) is 3.42. The van der Waals surface area contributed by atoms with Crippen molar-refractivity contribution >= 4 is 17.1 Å². The molecule has 3 N–H and O–H groups in total. The summed E-state index contributed by atoms with van der Waals surface area (Å²) in [5, 5.41) is 13.9. The van der Waals surface area contributed by atoms with Gasteiger partial charge in [-0.15, -0.1) is 0 Å². The minimum Gasteiger partial charge on any atom is -0.491 e. The smallest absolute Gasteiger partial charge is 0.329 e. The van der Waals surface area contributed by atoms with E-state index in [0.717, 1.165) is 18.5 Å². The predicted octanol–water partition coefficient (Wildman–Crippen LogP) is 0.870. The van der Waals surface area contributed by atoms with Crippen LogP contribution in [0.4, 0.5) is 5.95 Å². The molecule has 0 aliphatic rings. The molecule has 11 heteroatoms. The quantitative estimate of drug-likeness (QED) is 0.304. The van der Waals surface area contributed by atoms with Crippen molar-refractivity contribution < 1.29 is 9.84 Å². The number of anilines is 1. The highest BCUT2D eigenvalue weighted by molar-refractivity contribution is 5.74. The Morgan fingerprint density at radius 3 is 2.76 bits per heavy atom. The number of benzene rings is 1. The Hall–Kier alpha value is -3.86. The molecule has 0 fully saturated rings. The first kappa shape index (κ1) is 22.3. The van der Waals surface area contributed by atoms with Crippen molar-refractivity contribution in [3.05, 3.63) is 69.4 Å². The van der Waals surface area contributed by atoms with E-state index in [9.17, 15) is 14.7 Å². The maximum Gasteiger partial charge on any atom is 0.329 e. The topological polar surface area (TPSA) is 132 Å². The van der Waals surface area contributed by atoms with Gasteiger partial charge in [-0.05, 0) is 25.5 Å². The van der Waals surface area contributed by atoms with Crippen molar-refractivity contribution in [2.75, 3.05) is 18.5 Å². The lowest BCUT2D eigenvalue weighted by Gasteiger charge is -2.16. The second kappa shape index (κ2) is 9.74. The first-order valence-electron chi connectivity index (χ1n) is 10.7. The van der Waals surface area contributed by atoms with Crippen molar-refractivity contribution in [2.45, 2.75) is 32.5 Å². The molecule has 0 spiro atoms. The van der Waals surface area contributed by atoms with Crippen LogP contribution in [0.5, 0.6) is 5.75 Å². The average molecular weight is 454 g/mol. The summed E-state index contributed by atoms with van der Waals surface area (Å²) >= 11 is 0. The number of aliphatic hydroxyl groups is 1. The lowest BCUT2D eigenvalue weighted by molar-refractivity contribution is 0.0938. The van der Waals surface area contributed by atoms with Crippen LogP contribution in [0.15, 0.2) is 52.6 Å². The number of nitrogens with one attached hydrogen (secondary N) is 2. The lowest BCUT2D eigenvalue weighted by Crippen LogP contribution is -2.31. The molecule has 4 aromatic rings. The zero-order valence-corrected chi connectivity index (χ0v) is 18.6. The number of imidazole rings is 2. The first-order chi connectivity index (χ1) is 15.9. The monoisotopic (exact) mass is 453 g/mol. The van der Waals surface area contributed by atoms with E-state index in [4.69, 9.17) is 4.74 Å². The molecule has 0 saturated heterocycles. The van der Waals surface area contributed by atoms with Crippen LogP contribution in [0.2, 0.25) is 0 Å². The molecule has 0 radical (unpaired) electrons. The highest BCUT2D eigenvalue weighted by atomic mass is 16.5.